The predicted molar refractivity (Wildman–Crippen MR) is 99.7 cm³/mol. The molecule has 4 heteroatoms. The van der Waals surface area contributed by atoms with E-state index in [0.29, 0.717) is 6.42 Å². The molecule has 1 heterocycles. The molecule has 24 heavy (non-hydrogen) atoms. The molecule has 1 amide bonds. The van der Waals surface area contributed by atoms with Crippen LogP contribution in [-0.4, -0.2) is 37.0 Å². The van der Waals surface area contributed by atoms with Gasteiger partial charge in [-0.3, -0.25) is 4.79 Å². The summed E-state index contributed by atoms with van der Waals surface area (Å²) in [5.41, 5.74) is 3.66. The van der Waals surface area contributed by atoms with Crippen LogP contribution in [0.2, 0.25) is 5.02 Å². The number of carbonyl (C=O) groups is 1. The molecule has 1 fully saturated rings. The van der Waals surface area contributed by atoms with Crippen LogP contribution in [0.25, 0.3) is 0 Å². The van der Waals surface area contributed by atoms with Crippen molar-refractivity contribution in [2.75, 3.05) is 31.1 Å². The smallest absolute Gasteiger partial charge is 0.223 e. The summed E-state index contributed by atoms with van der Waals surface area (Å²) < 4.78 is 0. The monoisotopic (exact) mass is 342 g/mol. The Morgan fingerprint density at radius 3 is 2.21 bits per heavy atom. The second-order valence-corrected chi connectivity index (χ2v) is 6.77. The van der Waals surface area contributed by atoms with Gasteiger partial charge < -0.3 is 9.80 Å². The number of aryl methyl sites for hydroxylation is 2. The average Bonchev–Trinajstić information content (AvgIpc) is 2.62. The van der Waals surface area contributed by atoms with E-state index < -0.39 is 0 Å². The molecule has 0 unspecified atom stereocenters. The number of anilines is 1. The largest absolute Gasteiger partial charge is 0.368 e. The minimum atomic E-state index is 0.256. The van der Waals surface area contributed by atoms with Gasteiger partial charge in [-0.25, -0.2) is 0 Å². The van der Waals surface area contributed by atoms with Gasteiger partial charge in [0.2, 0.25) is 5.91 Å². The first-order valence-corrected chi connectivity index (χ1v) is 8.83. The van der Waals surface area contributed by atoms with Crippen molar-refractivity contribution in [2.24, 2.45) is 0 Å². The van der Waals surface area contributed by atoms with E-state index in [1.54, 1.807) is 0 Å². The molecular formula is C20H23ClN2O. The van der Waals surface area contributed by atoms with Crippen LogP contribution < -0.4 is 4.90 Å². The number of piperazine rings is 1. The molecule has 0 N–H and O–H groups in total. The lowest BCUT2D eigenvalue weighted by molar-refractivity contribution is -0.131. The molecule has 0 bridgehead atoms. The van der Waals surface area contributed by atoms with E-state index in [9.17, 15) is 4.79 Å². The van der Waals surface area contributed by atoms with Crippen molar-refractivity contribution in [2.45, 2.75) is 19.8 Å². The average molecular weight is 343 g/mol. The Morgan fingerprint density at radius 2 is 1.58 bits per heavy atom. The highest BCUT2D eigenvalue weighted by atomic mass is 35.5. The second-order valence-electron chi connectivity index (χ2n) is 6.33. The highest BCUT2D eigenvalue weighted by Gasteiger charge is 2.20. The Bertz CT molecular complexity index is 674. The molecule has 0 aliphatic carbocycles. The number of amides is 1. The van der Waals surface area contributed by atoms with Crippen LogP contribution in [0.1, 0.15) is 17.5 Å². The van der Waals surface area contributed by atoms with E-state index in [-0.39, 0.29) is 5.91 Å². The Balaban J connectivity index is 1.48. The van der Waals surface area contributed by atoms with Gasteiger partial charge in [-0.05, 0) is 43.2 Å². The minimum Gasteiger partial charge on any atom is -0.368 e. The molecule has 0 aromatic heterocycles. The van der Waals surface area contributed by atoms with Crippen LogP contribution in [0, 0.1) is 6.92 Å². The zero-order valence-corrected chi connectivity index (χ0v) is 14.8. The normalized spacial score (nSPS) is 14.8. The molecule has 0 saturated carbocycles. The van der Waals surface area contributed by atoms with E-state index in [2.05, 4.69) is 36.1 Å². The summed E-state index contributed by atoms with van der Waals surface area (Å²) >= 11 is 5.94. The third-order valence-corrected chi connectivity index (χ3v) is 4.82. The number of carbonyl (C=O) groups excluding carboxylic acids is 1. The van der Waals surface area contributed by atoms with Crippen molar-refractivity contribution < 1.29 is 4.79 Å². The third kappa shape index (κ3) is 4.30. The minimum absolute atomic E-state index is 0.256. The van der Waals surface area contributed by atoms with Gasteiger partial charge in [-0.15, -0.1) is 0 Å². The van der Waals surface area contributed by atoms with Gasteiger partial charge in [0.05, 0.1) is 0 Å². The summed E-state index contributed by atoms with van der Waals surface area (Å²) in [5.74, 6) is 0.256. The lowest BCUT2D eigenvalue weighted by Crippen LogP contribution is -2.48. The molecule has 0 spiro atoms. The van der Waals surface area contributed by atoms with Crippen LogP contribution >= 0.6 is 11.6 Å². The second kappa shape index (κ2) is 7.71. The van der Waals surface area contributed by atoms with Gasteiger partial charge >= 0.3 is 0 Å². The van der Waals surface area contributed by atoms with Crippen molar-refractivity contribution in [3.8, 4) is 0 Å². The van der Waals surface area contributed by atoms with Gasteiger partial charge in [0.1, 0.15) is 0 Å². The first kappa shape index (κ1) is 16.8. The fraction of sp³-hybridized carbons (Fsp3) is 0.350. The number of benzene rings is 2. The van der Waals surface area contributed by atoms with Crippen molar-refractivity contribution in [3.05, 3.63) is 64.7 Å². The molecule has 1 saturated heterocycles. The highest BCUT2D eigenvalue weighted by molar-refractivity contribution is 6.30. The summed E-state index contributed by atoms with van der Waals surface area (Å²) in [6.45, 7) is 5.40. The summed E-state index contributed by atoms with van der Waals surface area (Å²) in [6, 6.07) is 16.3. The van der Waals surface area contributed by atoms with Gasteiger partial charge in [0.25, 0.3) is 0 Å². The van der Waals surface area contributed by atoms with E-state index in [1.807, 2.05) is 29.2 Å². The van der Waals surface area contributed by atoms with Crippen molar-refractivity contribution in [1.82, 2.24) is 4.90 Å². The Morgan fingerprint density at radius 1 is 0.958 bits per heavy atom. The number of rotatable bonds is 4. The molecule has 2 aromatic rings. The first-order chi connectivity index (χ1) is 11.6. The van der Waals surface area contributed by atoms with Crippen molar-refractivity contribution in [1.29, 1.82) is 0 Å². The van der Waals surface area contributed by atoms with E-state index in [1.165, 1.54) is 16.8 Å². The number of hydrogen-bond acceptors (Lipinski definition) is 2. The lowest BCUT2D eigenvalue weighted by atomic mass is 10.1. The van der Waals surface area contributed by atoms with Gasteiger partial charge in [-0.2, -0.15) is 0 Å². The molecule has 126 valence electrons. The number of halogens is 1. The maximum atomic E-state index is 12.4. The molecule has 3 nitrogen and oxygen atoms in total. The standard InChI is InChI=1S/C20H23ClN2O/c1-16-2-4-17(5-3-16)6-11-20(24)23-14-12-22(13-15-23)19-9-7-18(21)8-10-19/h2-5,7-10H,6,11-15H2,1H3. The summed E-state index contributed by atoms with van der Waals surface area (Å²) in [6.07, 6.45) is 1.40. The zero-order valence-electron chi connectivity index (χ0n) is 14.0. The quantitative estimate of drug-likeness (QED) is 0.840. The number of nitrogens with zero attached hydrogens (tertiary/aromatic N) is 2. The van der Waals surface area contributed by atoms with Crippen LogP contribution in [0.4, 0.5) is 5.69 Å². The van der Waals surface area contributed by atoms with E-state index >= 15 is 0 Å². The first-order valence-electron chi connectivity index (χ1n) is 8.46. The molecule has 0 radical (unpaired) electrons. The Hall–Kier alpha value is -2.00. The molecular weight excluding hydrogens is 320 g/mol. The van der Waals surface area contributed by atoms with Crippen molar-refractivity contribution >= 4 is 23.2 Å². The maximum Gasteiger partial charge on any atom is 0.223 e. The van der Waals surface area contributed by atoms with Gasteiger partial charge in [-0.1, -0.05) is 41.4 Å². The van der Waals surface area contributed by atoms with Crippen LogP contribution in [0.5, 0.6) is 0 Å². The highest BCUT2D eigenvalue weighted by Crippen LogP contribution is 2.19. The Kier molecular flexibility index (Phi) is 5.41. The molecule has 0 atom stereocenters. The SMILES string of the molecule is Cc1ccc(CCC(=O)N2CCN(c3ccc(Cl)cc3)CC2)cc1. The number of hydrogen-bond donors (Lipinski definition) is 0. The zero-order chi connectivity index (χ0) is 16.9. The van der Waals surface area contributed by atoms with Crippen LogP contribution in [0.15, 0.2) is 48.5 Å². The van der Waals surface area contributed by atoms with Gasteiger partial charge in [0, 0.05) is 43.3 Å². The van der Waals surface area contributed by atoms with E-state index in [0.717, 1.165) is 37.6 Å². The van der Waals surface area contributed by atoms with Gasteiger partial charge in [0.15, 0.2) is 0 Å². The van der Waals surface area contributed by atoms with Crippen LogP contribution in [0.3, 0.4) is 0 Å². The fourth-order valence-corrected chi connectivity index (χ4v) is 3.16. The molecule has 1 aliphatic heterocycles. The molecule has 1 aliphatic rings. The lowest BCUT2D eigenvalue weighted by Gasteiger charge is -2.36. The fourth-order valence-electron chi connectivity index (χ4n) is 3.03. The molecule has 3 rings (SSSR count). The third-order valence-electron chi connectivity index (χ3n) is 4.57. The summed E-state index contributed by atoms with van der Waals surface area (Å²) in [5, 5.41) is 0.753. The van der Waals surface area contributed by atoms with E-state index in [4.69, 9.17) is 11.6 Å². The predicted octanol–water partition coefficient (Wildman–Crippen LogP) is 3.93. The summed E-state index contributed by atoms with van der Waals surface area (Å²) in [4.78, 5) is 16.7. The molecule has 2 aromatic carbocycles. The summed E-state index contributed by atoms with van der Waals surface area (Å²) in [7, 11) is 0. The van der Waals surface area contributed by atoms with Crippen LogP contribution in [-0.2, 0) is 11.2 Å². The topological polar surface area (TPSA) is 23.6 Å². The maximum absolute atomic E-state index is 12.4. The van der Waals surface area contributed by atoms with Crippen molar-refractivity contribution in [3.63, 3.8) is 0 Å². The Labute approximate surface area is 148 Å².